The zero-order valence-corrected chi connectivity index (χ0v) is 15.4. The van der Waals surface area contributed by atoms with E-state index in [4.69, 9.17) is 14.6 Å². The van der Waals surface area contributed by atoms with Crippen LogP contribution in [0.1, 0.15) is 37.7 Å². The predicted molar refractivity (Wildman–Crippen MR) is 94.2 cm³/mol. The van der Waals surface area contributed by atoms with Gasteiger partial charge in [0.25, 0.3) is 0 Å². The third kappa shape index (κ3) is 9.06. The Morgan fingerprint density at radius 3 is 2.32 bits per heavy atom. The average molecular weight is 401 g/mol. The van der Waals surface area contributed by atoms with Gasteiger partial charge in [0, 0.05) is 12.4 Å². The number of carbonyl (C=O) groups excluding carboxylic acids is 1. The van der Waals surface area contributed by atoms with Crippen molar-refractivity contribution in [3.05, 3.63) is 54.1 Å². The maximum absolute atomic E-state index is 11.9. The number of halogens is 3. The van der Waals surface area contributed by atoms with Gasteiger partial charge in [-0.15, -0.1) is 0 Å². The van der Waals surface area contributed by atoms with Gasteiger partial charge in [-0.25, -0.2) is 14.6 Å². The van der Waals surface area contributed by atoms with Gasteiger partial charge in [0.1, 0.15) is 12.4 Å². The van der Waals surface area contributed by atoms with Crippen LogP contribution in [0.5, 0.6) is 0 Å². The minimum atomic E-state index is -5.08. The number of imidazole rings is 1. The average Bonchev–Trinajstić information content (AvgIpc) is 3.14. The quantitative estimate of drug-likeness (QED) is 0.677. The van der Waals surface area contributed by atoms with Crippen molar-refractivity contribution in [3.63, 3.8) is 0 Å². The maximum Gasteiger partial charge on any atom is 0.490 e. The fraction of sp³-hybridized carbons (Fsp3) is 0.389. The summed E-state index contributed by atoms with van der Waals surface area (Å²) in [4.78, 5) is 28.1. The molecule has 2 aromatic rings. The number of carboxylic acid groups (broad SMARTS) is 1. The van der Waals surface area contributed by atoms with Crippen LogP contribution >= 0.6 is 0 Å². The summed E-state index contributed by atoms with van der Waals surface area (Å²) < 4.78 is 37.0. The molecule has 154 valence electrons. The number of nitrogens with zero attached hydrogens (tertiary/aromatic N) is 1. The molecule has 0 fully saturated rings. The van der Waals surface area contributed by atoms with E-state index in [0.29, 0.717) is 5.92 Å². The number of nitrogens with one attached hydrogen (secondary N) is 2. The molecule has 1 aromatic heterocycles. The van der Waals surface area contributed by atoms with Crippen molar-refractivity contribution in [3.8, 4) is 0 Å². The lowest BCUT2D eigenvalue weighted by molar-refractivity contribution is -0.192. The Hall–Kier alpha value is -3.04. The first kappa shape index (κ1) is 23.0. The molecule has 0 spiro atoms. The monoisotopic (exact) mass is 401 g/mol. The van der Waals surface area contributed by atoms with Crippen molar-refractivity contribution in [1.82, 2.24) is 15.3 Å². The van der Waals surface area contributed by atoms with Crippen molar-refractivity contribution < 1.29 is 32.6 Å². The summed E-state index contributed by atoms with van der Waals surface area (Å²) in [5.74, 6) is -1.57. The number of hydrogen-bond donors (Lipinski definition) is 3. The highest BCUT2D eigenvalue weighted by atomic mass is 19.4. The molecule has 0 saturated carbocycles. The number of carbonyl (C=O) groups is 2. The second kappa shape index (κ2) is 11.0. The van der Waals surface area contributed by atoms with Crippen molar-refractivity contribution in [2.45, 2.75) is 39.1 Å². The fourth-order valence-corrected chi connectivity index (χ4v) is 2.09. The number of hydrogen-bond acceptors (Lipinski definition) is 4. The maximum atomic E-state index is 11.9. The summed E-state index contributed by atoms with van der Waals surface area (Å²) in [5, 5.41) is 9.99. The molecule has 0 aliphatic heterocycles. The number of aromatic nitrogens is 2. The molecule has 0 bridgehead atoms. The first-order valence-electron chi connectivity index (χ1n) is 8.36. The summed E-state index contributed by atoms with van der Waals surface area (Å²) in [6, 6.07) is 9.45. The molecule has 1 atom stereocenters. The molecule has 1 aromatic carbocycles. The molecule has 10 heteroatoms. The molecule has 1 amide bonds. The Kier molecular flexibility index (Phi) is 9.00. The normalized spacial score (nSPS) is 11.9. The molecule has 0 radical (unpaired) electrons. The summed E-state index contributed by atoms with van der Waals surface area (Å²) in [7, 11) is 0. The minimum Gasteiger partial charge on any atom is -0.475 e. The number of rotatable bonds is 6. The summed E-state index contributed by atoms with van der Waals surface area (Å²) in [6.45, 7) is 4.47. The number of carboxylic acids is 1. The van der Waals surface area contributed by atoms with Crippen molar-refractivity contribution in [2.75, 3.05) is 0 Å². The Labute approximate surface area is 159 Å². The second-order valence-electron chi connectivity index (χ2n) is 6.17. The van der Waals surface area contributed by atoms with E-state index in [1.807, 2.05) is 30.3 Å². The number of benzene rings is 1. The zero-order valence-electron chi connectivity index (χ0n) is 15.4. The minimum absolute atomic E-state index is 0.164. The van der Waals surface area contributed by atoms with Gasteiger partial charge in [-0.05, 0) is 17.9 Å². The number of alkyl carbamates (subject to hydrolysis) is 1. The van der Waals surface area contributed by atoms with Crippen molar-refractivity contribution in [1.29, 1.82) is 0 Å². The van der Waals surface area contributed by atoms with E-state index in [1.165, 1.54) is 0 Å². The van der Waals surface area contributed by atoms with Crippen LogP contribution in [-0.2, 0) is 16.1 Å². The Bertz CT molecular complexity index is 719. The van der Waals surface area contributed by atoms with Crippen LogP contribution in [0.15, 0.2) is 42.7 Å². The number of aliphatic carboxylic acids is 1. The van der Waals surface area contributed by atoms with Crippen LogP contribution in [0.4, 0.5) is 18.0 Å². The van der Waals surface area contributed by atoms with Crippen LogP contribution in [-0.4, -0.2) is 33.3 Å². The van der Waals surface area contributed by atoms with E-state index in [9.17, 15) is 18.0 Å². The summed E-state index contributed by atoms with van der Waals surface area (Å²) >= 11 is 0. The number of H-pyrrole nitrogens is 1. The Balaban J connectivity index is 0.000000480. The highest BCUT2D eigenvalue weighted by molar-refractivity contribution is 5.73. The van der Waals surface area contributed by atoms with E-state index in [2.05, 4.69) is 29.1 Å². The van der Waals surface area contributed by atoms with Gasteiger partial charge in [-0.2, -0.15) is 13.2 Å². The van der Waals surface area contributed by atoms with Gasteiger partial charge in [0.15, 0.2) is 0 Å². The lowest BCUT2D eigenvalue weighted by atomic mass is 10.0. The first-order valence-corrected chi connectivity index (χ1v) is 8.36. The van der Waals surface area contributed by atoms with Crippen LogP contribution in [0, 0.1) is 5.92 Å². The van der Waals surface area contributed by atoms with Gasteiger partial charge in [0.05, 0.1) is 6.04 Å². The topological polar surface area (TPSA) is 104 Å². The number of aromatic amines is 1. The van der Waals surface area contributed by atoms with E-state index in [0.717, 1.165) is 17.8 Å². The molecule has 1 heterocycles. The first-order chi connectivity index (χ1) is 13.1. The molecule has 2 rings (SSSR count). The summed E-state index contributed by atoms with van der Waals surface area (Å²) in [5.41, 5.74) is 0.964. The SMILES string of the molecule is CC(C)C[C@H](NC(=O)OCc1ccccc1)c1ncc[nH]1.O=C(O)C(F)(F)F. The van der Waals surface area contributed by atoms with Crippen LogP contribution in [0.25, 0.3) is 0 Å². The lowest BCUT2D eigenvalue weighted by Crippen LogP contribution is -2.30. The third-order valence-corrected chi connectivity index (χ3v) is 3.30. The molecule has 0 aliphatic rings. The Morgan fingerprint density at radius 1 is 1.25 bits per heavy atom. The fourth-order valence-electron chi connectivity index (χ4n) is 2.09. The molecule has 0 saturated heterocycles. The highest BCUT2D eigenvalue weighted by Gasteiger charge is 2.38. The molecule has 28 heavy (non-hydrogen) atoms. The van der Waals surface area contributed by atoms with E-state index < -0.39 is 18.2 Å². The standard InChI is InChI=1S/C16H21N3O2.C2HF3O2/c1-12(2)10-14(15-17-8-9-18-15)19-16(20)21-11-13-6-4-3-5-7-13;3-2(4,5)1(6)7/h3-9,12,14H,10-11H2,1-2H3,(H,17,18)(H,19,20);(H,6,7)/t14-;/m0./s1. The molecule has 3 N–H and O–H groups in total. The molecular formula is C18H22F3N3O4. The summed E-state index contributed by atoms with van der Waals surface area (Å²) in [6.07, 6.45) is -1.28. The van der Waals surface area contributed by atoms with Crippen LogP contribution < -0.4 is 5.32 Å². The van der Waals surface area contributed by atoms with E-state index in [-0.39, 0.29) is 12.6 Å². The van der Waals surface area contributed by atoms with Crippen LogP contribution in [0.2, 0.25) is 0 Å². The van der Waals surface area contributed by atoms with Gasteiger partial charge >= 0.3 is 18.2 Å². The molecule has 0 unspecified atom stereocenters. The van der Waals surface area contributed by atoms with Crippen molar-refractivity contribution in [2.24, 2.45) is 5.92 Å². The lowest BCUT2D eigenvalue weighted by Gasteiger charge is -2.18. The molecule has 0 aliphatic carbocycles. The largest absolute Gasteiger partial charge is 0.490 e. The highest BCUT2D eigenvalue weighted by Crippen LogP contribution is 2.18. The molecule has 7 nitrogen and oxygen atoms in total. The number of amides is 1. The van der Waals surface area contributed by atoms with Gasteiger partial charge in [0.2, 0.25) is 0 Å². The predicted octanol–water partition coefficient (Wildman–Crippen LogP) is 4.06. The zero-order chi connectivity index (χ0) is 21.2. The Morgan fingerprint density at radius 2 is 1.86 bits per heavy atom. The van der Waals surface area contributed by atoms with Crippen LogP contribution in [0.3, 0.4) is 0 Å². The van der Waals surface area contributed by atoms with Crippen molar-refractivity contribution >= 4 is 12.1 Å². The van der Waals surface area contributed by atoms with Gasteiger partial charge in [-0.1, -0.05) is 44.2 Å². The van der Waals surface area contributed by atoms with E-state index in [1.54, 1.807) is 12.4 Å². The van der Waals surface area contributed by atoms with Gasteiger partial charge < -0.3 is 20.1 Å². The number of ether oxygens (including phenoxy) is 1. The smallest absolute Gasteiger partial charge is 0.475 e. The van der Waals surface area contributed by atoms with E-state index >= 15 is 0 Å². The number of alkyl halides is 3. The third-order valence-electron chi connectivity index (χ3n) is 3.30. The van der Waals surface area contributed by atoms with Gasteiger partial charge in [-0.3, -0.25) is 0 Å². The second-order valence-corrected chi connectivity index (χ2v) is 6.17. The molecular weight excluding hydrogens is 379 g/mol.